The second kappa shape index (κ2) is 5.31. The average Bonchev–Trinajstić information content (AvgIpc) is 2.62. The maximum atomic E-state index is 10.3. The van der Waals surface area contributed by atoms with Gasteiger partial charge in [-0.3, -0.25) is 4.79 Å². The zero-order valence-corrected chi connectivity index (χ0v) is 10.2. The van der Waals surface area contributed by atoms with Crippen molar-refractivity contribution in [2.75, 3.05) is 12.9 Å². The Hall–Kier alpha value is -1.08. The first-order valence-electron chi connectivity index (χ1n) is 4.65. The van der Waals surface area contributed by atoms with Crippen LogP contribution in [0.5, 0.6) is 0 Å². The highest BCUT2D eigenvalue weighted by Crippen LogP contribution is 2.19. The van der Waals surface area contributed by atoms with Gasteiger partial charge in [0, 0.05) is 7.11 Å². The fourth-order valence-electron chi connectivity index (χ4n) is 0.928. The summed E-state index contributed by atoms with van der Waals surface area (Å²) in [6.07, 6.45) is 0.490. The Kier molecular flexibility index (Phi) is 4.31. The molecule has 0 aromatic carbocycles. The number of aromatic nitrogens is 2. The van der Waals surface area contributed by atoms with Crippen molar-refractivity contribution >= 4 is 17.7 Å². The summed E-state index contributed by atoms with van der Waals surface area (Å²) < 4.78 is 10.5. The molecule has 0 bridgehead atoms. The lowest BCUT2D eigenvalue weighted by Gasteiger charge is -2.20. The molecule has 0 fully saturated rings. The lowest BCUT2D eigenvalue weighted by Crippen LogP contribution is -2.25. The van der Waals surface area contributed by atoms with Crippen LogP contribution in [0, 0.1) is 0 Å². The molecule has 0 aliphatic rings. The summed E-state index contributed by atoms with van der Waals surface area (Å²) in [5, 5.41) is 16.3. The van der Waals surface area contributed by atoms with Gasteiger partial charge in [0.15, 0.2) is 0 Å². The Labute approximate surface area is 97.4 Å². The number of ether oxygens (including phenoxy) is 1. The molecule has 90 valence electrons. The minimum Gasteiger partial charge on any atom is -0.481 e. The zero-order chi connectivity index (χ0) is 12.2. The fraction of sp³-hybridized carbons (Fsp3) is 0.667. The van der Waals surface area contributed by atoms with E-state index in [-0.39, 0.29) is 16.6 Å². The summed E-state index contributed by atoms with van der Waals surface area (Å²) in [7, 11) is 1.61. The molecule has 0 atom stereocenters. The lowest BCUT2D eigenvalue weighted by molar-refractivity contribution is -0.133. The Morgan fingerprint density at radius 2 is 2.25 bits per heavy atom. The molecule has 0 unspecified atom stereocenters. The van der Waals surface area contributed by atoms with Crippen LogP contribution in [0.2, 0.25) is 0 Å². The van der Waals surface area contributed by atoms with Crippen LogP contribution in [0.15, 0.2) is 9.64 Å². The molecule has 1 heterocycles. The van der Waals surface area contributed by atoms with Crippen LogP contribution >= 0.6 is 11.8 Å². The first kappa shape index (κ1) is 13.0. The van der Waals surface area contributed by atoms with Crippen LogP contribution in [-0.2, 0) is 16.0 Å². The first-order chi connectivity index (χ1) is 7.43. The van der Waals surface area contributed by atoms with Crippen molar-refractivity contribution in [3.63, 3.8) is 0 Å². The molecule has 0 radical (unpaired) electrons. The molecule has 7 heteroatoms. The molecule has 0 saturated heterocycles. The third-order valence-electron chi connectivity index (χ3n) is 1.90. The second-order valence-electron chi connectivity index (χ2n) is 3.78. The second-order valence-corrected chi connectivity index (χ2v) is 4.71. The van der Waals surface area contributed by atoms with E-state index in [2.05, 4.69) is 10.2 Å². The smallest absolute Gasteiger partial charge is 0.314 e. The normalized spacial score (nSPS) is 11.7. The van der Waals surface area contributed by atoms with Crippen molar-refractivity contribution in [1.29, 1.82) is 0 Å². The minimum absolute atomic E-state index is 0.0880. The van der Waals surface area contributed by atoms with E-state index < -0.39 is 5.97 Å². The van der Waals surface area contributed by atoms with Crippen LogP contribution in [0.3, 0.4) is 0 Å². The molecule has 0 aliphatic heterocycles. The van der Waals surface area contributed by atoms with Gasteiger partial charge in [-0.15, -0.1) is 10.2 Å². The molecule has 1 aromatic rings. The topological polar surface area (TPSA) is 85.5 Å². The van der Waals surface area contributed by atoms with Gasteiger partial charge in [0.25, 0.3) is 5.22 Å². The predicted molar refractivity (Wildman–Crippen MR) is 57.4 cm³/mol. The van der Waals surface area contributed by atoms with Crippen LogP contribution in [0.25, 0.3) is 0 Å². The Balaban J connectivity index is 2.54. The van der Waals surface area contributed by atoms with Gasteiger partial charge in [0.05, 0.1) is 12.0 Å². The van der Waals surface area contributed by atoms with Gasteiger partial charge in [0.1, 0.15) is 5.75 Å². The number of carboxylic acid groups (broad SMARTS) is 1. The highest BCUT2D eigenvalue weighted by molar-refractivity contribution is 7.99. The highest BCUT2D eigenvalue weighted by atomic mass is 32.2. The van der Waals surface area contributed by atoms with Gasteiger partial charge in [0.2, 0.25) is 5.89 Å². The number of aliphatic carboxylic acids is 1. The summed E-state index contributed by atoms with van der Waals surface area (Å²) >= 11 is 1.00. The summed E-state index contributed by atoms with van der Waals surface area (Å²) in [5.41, 5.74) is -0.374. The molecule has 1 rings (SSSR count). The van der Waals surface area contributed by atoms with Crippen molar-refractivity contribution in [1.82, 2.24) is 10.2 Å². The molecule has 1 aromatic heterocycles. The molecule has 6 nitrogen and oxygen atoms in total. The van der Waals surface area contributed by atoms with E-state index in [1.165, 1.54) is 0 Å². The minimum atomic E-state index is -0.915. The SMILES string of the molecule is COC(C)(C)Cc1nnc(SCC(=O)O)o1. The Morgan fingerprint density at radius 1 is 1.56 bits per heavy atom. The molecule has 0 aliphatic carbocycles. The van der Waals surface area contributed by atoms with Gasteiger partial charge in [-0.1, -0.05) is 11.8 Å². The quantitative estimate of drug-likeness (QED) is 0.755. The van der Waals surface area contributed by atoms with Crippen LogP contribution < -0.4 is 0 Å². The summed E-state index contributed by atoms with van der Waals surface area (Å²) in [4.78, 5) is 10.3. The maximum absolute atomic E-state index is 10.3. The molecular weight excluding hydrogens is 232 g/mol. The Morgan fingerprint density at radius 3 is 2.81 bits per heavy atom. The van der Waals surface area contributed by atoms with E-state index in [9.17, 15) is 4.79 Å². The zero-order valence-electron chi connectivity index (χ0n) is 9.39. The van der Waals surface area contributed by atoms with Crippen molar-refractivity contribution in [3.05, 3.63) is 5.89 Å². The standard InChI is InChI=1S/C9H14N2O4S/c1-9(2,14-3)4-6-10-11-8(15-6)16-5-7(12)13/h4-5H2,1-3H3,(H,12,13). The van der Waals surface area contributed by atoms with Crippen molar-refractivity contribution < 1.29 is 19.1 Å². The number of hydrogen-bond donors (Lipinski definition) is 1. The number of nitrogens with zero attached hydrogens (tertiary/aromatic N) is 2. The Bertz CT molecular complexity index is 364. The van der Waals surface area contributed by atoms with E-state index in [1.807, 2.05) is 13.8 Å². The van der Waals surface area contributed by atoms with Crippen LogP contribution in [-0.4, -0.2) is 39.7 Å². The number of thioether (sulfide) groups is 1. The van der Waals surface area contributed by atoms with E-state index in [0.29, 0.717) is 12.3 Å². The largest absolute Gasteiger partial charge is 0.481 e. The summed E-state index contributed by atoms with van der Waals surface area (Å²) in [6, 6.07) is 0. The van der Waals surface area contributed by atoms with Gasteiger partial charge >= 0.3 is 5.97 Å². The third kappa shape index (κ3) is 4.19. The third-order valence-corrected chi connectivity index (χ3v) is 2.70. The monoisotopic (exact) mass is 246 g/mol. The molecule has 0 saturated carbocycles. The molecule has 0 amide bonds. The van der Waals surface area contributed by atoms with E-state index in [4.69, 9.17) is 14.3 Å². The molecule has 0 spiro atoms. The number of carbonyl (C=O) groups is 1. The van der Waals surface area contributed by atoms with Gasteiger partial charge in [-0.25, -0.2) is 0 Å². The summed E-state index contributed by atoms with van der Waals surface area (Å²) in [5.74, 6) is -0.559. The van der Waals surface area contributed by atoms with Crippen molar-refractivity contribution in [2.45, 2.75) is 31.1 Å². The van der Waals surface area contributed by atoms with Gasteiger partial charge in [-0.2, -0.15) is 0 Å². The number of hydrogen-bond acceptors (Lipinski definition) is 6. The van der Waals surface area contributed by atoms with Crippen LogP contribution in [0.4, 0.5) is 0 Å². The van der Waals surface area contributed by atoms with Gasteiger partial charge in [-0.05, 0) is 13.8 Å². The predicted octanol–water partition coefficient (Wildman–Crippen LogP) is 1.21. The fourth-order valence-corrected chi connectivity index (χ4v) is 1.43. The lowest BCUT2D eigenvalue weighted by atomic mass is 10.1. The van der Waals surface area contributed by atoms with Crippen LogP contribution in [0.1, 0.15) is 19.7 Å². The van der Waals surface area contributed by atoms with E-state index in [1.54, 1.807) is 7.11 Å². The number of carboxylic acids is 1. The molecule has 1 N–H and O–H groups in total. The average molecular weight is 246 g/mol. The van der Waals surface area contributed by atoms with Crippen molar-refractivity contribution in [2.24, 2.45) is 0 Å². The number of rotatable bonds is 6. The van der Waals surface area contributed by atoms with E-state index in [0.717, 1.165) is 11.8 Å². The highest BCUT2D eigenvalue weighted by Gasteiger charge is 2.21. The number of methoxy groups -OCH3 is 1. The van der Waals surface area contributed by atoms with E-state index >= 15 is 0 Å². The maximum Gasteiger partial charge on any atom is 0.314 e. The summed E-state index contributed by atoms with van der Waals surface area (Å²) in [6.45, 7) is 3.81. The molecule has 16 heavy (non-hydrogen) atoms. The molecular formula is C9H14N2O4S. The first-order valence-corrected chi connectivity index (χ1v) is 5.63. The van der Waals surface area contributed by atoms with Gasteiger partial charge < -0.3 is 14.3 Å². The van der Waals surface area contributed by atoms with Crippen molar-refractivity contribution in [3.8, 4) is 0 Å².